The molecule has 5 atom stereocenters. The van der Waals surface area contributed by atoms with Crippen LogP contribution in [0.4, 0.5) is 4.79 Å². The van der Waals surface area contributed by atoms with Gasteiger partial charge in [-0.15, -0.1) is 0 Å². The maximum absolute atomic E-state index is 12.8. The van der Waals surface area contributed by atoms with Gasteiger partial charge in [-0.05, 0) is 65.7 Å². The number of carbonyl (C=O) groups is 2. The molecule has 2 rings (SSSR count). The molecular formula is C20H35NO5. The Hall–Kier alpha value is -1.30. The maximum Gasteiger partial charge on any atom is 0.410 e. The fraction of sp³-hybridized carbons (Fsp3) is 0.900. The Kier molecular flexibility index (Phi) is 6.94. The molecule has 0 bridgehead atoms. The number of aliphatic hydroxyl groups is 1. The summed E-state index contributed by atoms with van der Waals surface area (Å²) in [4.78, 5) is 26.3. The molecule has 1 N–H and O–H groups in total. The van der Waals surface area contributed by atoms with Crippen LogP contribution in [0.15, 0.2) is 0 Å². The first-order valence-corrected chi connectivity index (χ1v) is 9.99. The molecule has 1 saturated carbocycles. The van der Waals surface area contributed by atoms with Gasteiger partial charge in [0.15, 0.2) is 0 Å². The number of ether oxygens (including phenoxy) is 2. The minimum absolute atomic E-state index is 0.0733. The van der Waals surface area contributed by atoms with E-state index in [1.807, 2.05) is 34.6 Å². The molecule has 1 heterocycles. The SMILES string of the molecule is CCOC(=O)CC[C@H]1CCC[C@@H]2[C@H]1C[C@@H](O)[C@H](C)N2C(=O)OC(C)(C)C. The van der Waals surface area contributed by atoms with Crippen LogP contribution >= 0.6 is 0 Å². The Bertz CT molecular complexity index is 501. The molecule has 2 aliphatic rings. The van der Waals surface area contributed by atoms with Crippen molar-refractivity contribution in [3.05, 3.63) is 0 Å². The van der Waals surface area contributed by atoms with Crippen molar-refractivity contribution in [3.8, 4) is 0 Å². The molecular weight excluding hydrogens is 334 g/mol. The van der Waals surface area contributed by atoms with Gasteiger partial charge in [-0.2, -0.15) is 0 Å². The molecule has 150 valence electrons. The van der Waals surface area contributed by atoms with Gasteiger partial charge in [-0.1, -0.05) is 12.8 Å². The zero-order valence-corrected chi connectivity index (χ0v) is 16.9. The van der Waals surface area contributed by atoms with E-state index in [-0.39, 0.29) is 30.1 Å². The average Bonchev–Trinajstić information content (AvgIpc) is 2.52. The number of aliphatic hydroxyl groups excluding tert-OH is 1. The van der Waals surface area contributed by atoms with Crippen molar-refractivity contribution in [2.45, 2.75) is 96.9 Å². The smallest absolute Gasteiger partial charge is 0.410 e. The van der Waals surface area contributed by atoms with Crippen molar-refractivity contribution in [2.75, 3.05) is 6.61 Å². The molecule has 1 amide bonds. The van der Waals surface area contributed by atoms with Crippen molar-refractivity contribution in [3.63, 3.8) is 0 Å². The second kappa shape index (κ2) is 8.59. The second-order valence-corrected chi connectivity index (χ2v) is 8.70. The molecule has 1 saturated heterocycles. The average molecular weight is 370 g/mol. The minimum Gasteiger partial charge on any atom is -0.466 e. The van der Waals surface area contributed by atoms with E-state index in [4.69, 9.17) is 9.47 Å². The number of carbonyl (C=O) groups excluding carboxylic acids is 2. The van der Waals surface area contributed by atoms with Gasteiger partial charge in [0.1, 0.15) is 5.60 Å². The first-order chi connectivity index (χ1) is 12.1. The van der Waals surface area contributed by atoms with Gasteiger partial charge in [-0.3, -0.25) is 9.69 Å². The monoisotopic (exact) mass is 369 g/mol. The highest BCUT2D eigenvalue weighted by Crippen LogP contribution is 2.43. The highest BCUT2D eigenvalue weighted by Gasteiger charge is 2.47. The van der Waals surface area contributed by atoms with Crippen LogP contribution in [0.3, 0.4) is 0 Å². The first-order valence-electron chi connectivity index (χ1n) is 9.99. The van der Waals surface area contributed by atoms with E-state index in [0.717, 1.165) is 25.7 Å². The molecule has 1 aliphatic heterocycles. The van der Waals surface area contributed by atoms with Crippen molar-refractivity contribution in [1.29, 1.82) is 0 Å². The molecule has 1 aliphatic carbocycles. The molecule has 26 heavy (non-hydrogen) atoms. The lowest BCUT2D eigenvalue weighted by Gasteiger charge is -2.52. The van der Waals surface area contributed by atoms with Crippen LogP contribution in [0, 0.1) is 11.8 Å². The number of amides is 1. The summed E-state index contributed by atoms with van der Waals surface area (Å²) < 4.78 is 10.7. The number of hydrogen-bond acceptors (Lipinski definition) is 5. The Labute approximate surface area is 157 Å². The summed E-state index contributed by atoms with van der Waals surface area (Å²) in [7, 11) is 0. The molecule has 0 aromatic rings. The number of piperidine rings is 1. The van der Waals surface area contributed by atoms with Gasteiger partial charge in [0, 0.05) is 12.5 Å². The second-order valence-electron chi connectivity index (χ2n) is 8.70. The van der Waals surface area contributed by atoms with E-state index < -0.39 is 11.7 Å². The maximum atomic E-state index is 12.8. The first kappa shape index (κ1) is 21.0. The normalized spacial score (nSPS) is 31.9. The lowest BCUT2D eigenvalue weighted by Crippen LogP contribution is -2.61. The van der Waals surface area contributed by atoms with Crippen LogP contribution in [0.2, 0.25) is 0 Å². The van der Waals surface area contributed by atoms with E-state index in [9.17, 15) is 14.7 Å². The third-order valence-electron chi connectivity index (χ3n) is 5.67. The van der Waals surface area contributed by atoms with E-state index in [1.54, 1.807) is 4.90 Å². The summed E-state index contributed by atoms with van der Waals surface area (Å²) >= 11 is 0. The van der Waals surface area contributed by atoms with Crippen LogP contribution in [-0.2, 0) is 14.3 Å². The fourth-order valence-electron chi connectivity index (χ4n) is 4.50. The molecule has 0 spiro atoms. The van der Waals surface area contributed by atoms with Crippen molar-refractivity contribution >= 4 is 12.1 Å². The van der Waals surface area contributed by atoms with Gasteiger partial charge < -0.3 is 14.6 Å². The molecule has 6 heteroatoms. The van der Waals surface area contributed by atoms with Crippen LogP contribution in [0.25, 0.3) is 0 Å². The summed E-state index contributed by atoms with van der Waals surface area (Å²) in [5.74, 6) is 0.366. The van der Waals surface area contributed by atoms with Gasteiger partial charge >= 0.3 is 12.1 Å². The highest BCUT2D eigenvalue weighted by molar-refractivity contribution is 5.70. The number of hydrogen-bond donors (Lipinski definition) is 1. The number of esters is 1. The zero-order chi connectivity index (χ0) is 19.5. The Morgan fingerprint density at radius 2 is 1.92 bits per heavy atom. The third kappa shape index (κ3) is 5.12. The number of fused-ring (bicyclic) bond motifs is 1. The Morgan fingerprint density at radius 3 is 2.54 bits per heavy atom. The summed E-state index contributed by atoms with van der Waals surface area (Å²) in [6.07, 6.45) is 3.91. The Morgan fingerprint density at radius 1 is 1.23 bits per heavy atom. The van der Waals surface area contributed by atoms with E-state index in [0.29, 0.717) is 25.4 Å². The van der Waals surface area contributed by atoms with Crippen LogP contribution in [-0.4, -0.2) is 52.5 Å². The standard InChI is InChI=1S/C20H35NO5/c1-6-25-18(23)11-10-14-8-7-9-16-15(14)12-17(22)13(2)21(16)19(24)26-20(3,4)5/h13-17,22H,6-12H2,1-5H3/t13-,14+,15-,16+,17+/m0/s1. The summed E-state index contributed by atoms with van der Waals surface area (Å²) in [5, 5.41) is 10.6. The molecule has 0 aromatic heterocycles. The molecule has 2 fully saturated rings. The van der Waals surface area contributed by atoms with Gasteiger partial charge in [0.2, 0.25) is 0 Å². The summed E-state index contributed by atoms with van der Waals surface area (Å²) in [5.41, 5.74) is -0.563. The molecule has 0 radical (unpaired) electrons. The van der Waals surface area contributed by atoms with Crippen LogP contribution in [0.5, 0.6) is 0 Å². The highest BCUT2D eigenvalue weighted by atomic mass is 16.6. The van der Waals surface area contributed by atoms with Crippen molar-refractivity contribution in [1.82, 2.24) is 4.90 Å². The van der Waals surface area contributed by atoms with Crippen molar-refractivity contribution in [2.24, 2.45) is 11.8 Å². The topological polar surface area (TPSA) is 76.1 Å². The number of nitrogens with zero attached hydrogens (tertiary/aromatic N) is 1. The molecule has 6 nitrogen and oxygen atoms in total. The quantitative estimate of drug-likeness (QED) is 0.768. The number of rotatable bonds is 4. The minimum atomic E-state index is -0.563. The van der Waals surface area contributed by atoms with E-state index in [1.165, 1.54) is 0 Å². The lowest BCUT2D eigenvalue weighted by molar-refractivity contribution is -0.144. The third-order valence-corrected chi connectivity index (χ3v) is 5.67. The van der Waals surface area contributed by atoms with Gasteiger partial charge in [0.05, 0.1) is 18.8 Å². The molecule has 0 aromatic carbocycles. The number of likely N-dealkylation sites (tertiary alicyclic amines) is 1. The van der Waals surface area contributed by atoms with E-state index in [2.05, 4.69) is 0 Å². The zero-order valence-electron chi connectivity index (χ0n) is 16.9. The summed E-state index contributed by atoms with van der Waals surface area (Å²) in [6, 6.07) is -0.181. The predicted octanol–water partition coefficient (Wildman–Crippen LogP) is 3.50. The van der Waals surface area contributed by atoms with Crippen LogP contribution in [0.1, 0.15) is 73.1 Å². The van der Waals surface area contributed by atoms with Crippen LogP contribution < -0.4 is 0 Å². The van der Waals surface area contributed by atoms with E-state index >= 15 is 0 Å². The largest absolute Gasteiger partial charge is 0.466 e. The van der Waals surface area contributed by atoms with Crippen molar-refractivity contribution < 1.29 is 24.2 Å². The lowest BCUT2D eigenvalue weighted by atomic mass is 9.68. The predicted molar refractivity (Wildman–Crippen MR) is 98.6 cm³/mol. The van der Waals surface area contributed by atoms with Gasteiger partial charge in [-0.25, -0.2) is 4.79 Å². The van der Waals surface area contributed by atoms with Gasteiger partial charge in [0.25, 0.3) is 0 Å². The Balaban J connectivity index is 2.11. The fourth-order valence-corrected chi connectivity index (χ4v) is 4.50. The summed E-state index contributed by atoms with van der Waals surface area (Å²) in [6.45, 7) is 9.68. The molecule has 0 unspecified atom stereocenters.